The molecule has 0 radical (unpaired) electrons. The van der Waals surface area contributed by atoms with E-state index in [1.807, 2.05) is 12.1 Å². The van der Waals surface area contributed by atoms with Gasteiger partial charge in [0.15, 0.2) is 6.61 Å². The van der Waals surface area contributed by atoms with Crippen LogP contribution >= 0.6 is 11.6 Å². The number of hydrogen-bond donors (Lipinski definition) is 1. The molecule has 3 aromatic rings. The van der Waals surface area contributed by atoms with E-state index in [4.69, 9.17) is 16.4 Å². The maximum atomic E-state index is 12.8. The van der Waals surface area contributed by atoms with E-state index < -0.39 is 24.3 Å². The van der Waals surface area contributed by atoms with Gasteiger partial charge in [0, 0.05) is 11.6 Å². The molecule has 0 aliphatic rings. The number of alkyl halides is 3. The number of aromatic nitrogens is 3. The van der Waals surface area contributed by atoms with E-state index in [-0.39, 0.29) is 11.0 Å². The third kappa shape index (κ3) is 4.88. The first kappa shape index (κ1) is 19.0. The van der Waals surface area contributed by atoms with Crippen molar-refractivity contribution in [1.82, 2.24) is 20.5 Å². The molecule has 1 N–H and O–H groups in total. The molecule has 0 saturated carbocycles. The molecule has 1 amide bonds. The molecule has 142 valence electrons. The standard InChI is InChI=1S/C17H14ClF3N4O2/c18-13-4-1-11(2-5-13)7-8-22-16(26)10-27-25-15-9-12(17(19,20)21)3-6-14(15)23-24-25/h1-6,9H,7-8,10H2,(H,22,26). The molecule has 0 saturated heterocycles. The molecule has 3 rings (SSSR count). The maximum absolute atomic E-state index is 12.8. The second-order valence-corrected chi connectivity index (χ2v) is 6.10. The predicted molar refractivity (Wildman–Crippen MR) is 92.1 cm³/mol. The van der Waals surface area contributed by atoms with Gasteiger partial charge in [-0.05, 0) is 47.5 Å². The molecule has 10 heteroatoms. The molecule has 6 nitrogen and oxygen atoms in total. The zero-order valence-electron chi connectivity index (χ0n) is 13.8. The highest BCUT2D eigenvalue weighted by atomic mass is 35.5. The Morgan fingerprint density at radius 1 is 1.19 bits per heavy atom. The lowest BCUT2D eigenvalue weighted by Crippen LogP contribution is -2.33. The summed E-state index contributed by atoms with van der Waals surface area (Å²) < 4.78 is 38.4. The summed E-state index contributed by atoms with van der Waals surface area (Å²) in [7, 11) is 0. The molecule has 0 aliphatic heterocycles. The van der Waals surface area contributed by atoms with Crippen molar-refractivity contribution in [3.63, 3.8) is 0 Å². The molecular weight excluding hydrogens is 385 g/mol. The highest BCUT2D eigenvalue weighted by molar-refractivity contribution is 6.30. The van der Waals surface area contributed by atoms with Crippen molar-refractivity contribution in [2.24, 2.45) is 0 Å². The first-order valence-electron chi connectivity index (χ1n) is 7.90. The van der Waals surface area contributed by atoms with Crippen LogP contribution in [0.1, 0.15) is 11.1 Å². The summed E-state index contributed by atoms with van der Waals surface area (Å²) in [5.41, 5.74) is 0.405. The fourth-order valence-corrected chi connectivity index (χ4v) is 2.46. The Morgan fingerprint density at radius 3 is 2.63 bits per heavy atom. The van der Waals surface area contributed by atoms with Crippen LogP contribution in [0.5, 0.6) is 0 Å². The minimum Gasteiger partial charge on any atom is -0.385 e. The molecule has 27 heavy (non-hydrogen) atoms. The predicted octanol–water partition coefficient (Wildman–Crippen LogP) is 2.89. The highest BCUT2D eigenvalue weighted by Crippen LogP contribution is 2.30. The lowest BCUT2D eigenvalue weighted by atomic mass is 10.1. The molecule has 1 aromatic heterocycles. The van der Waals surface area contributed by atoms with Crippen LogP contribution < -0.4 is 10.2 Å². The molecule has 0 spiro atoms. The average molecular weight is 399 g/mol. The van der Waals surface area contributed by atoms with Crippen molar-refractivity contribution in [3.05, 3.63) is 58.6 Å². The molecule has 2 aromatic carbocycles. The van der Waals surface area contributed by atoms with Crippen molar-refractivity contribution >= 4 is 28.5 Å². The number of carbonyl (C=O) groups is 1. The number of nitrogens with zero attached hydrogens (tertiary/aromatic N) is 3. The van der Waals surface area contributed by atoms with E-state index in [0.29, 0.717) is 18.0 Å². The third-order valence-corrected chi connectivity index (χ3v) is 3.96. The summed E-state index contributed by atoms with van der Waals surface area (Å²) in [6, 6.07) is 10.2. The summed E-state index contributed by atoms with van der Waals surface area (Å²) in [5, 5.41) is 10.6. The lowest BCUT2D eigenvalue weighted by Gasteiger charge is -2.08. The topological polar surface area (TPSA) is 69.0 Å². The number of benzene rings is 2. The number of halogens is 4. The number of carbonyl (C=O) groups excluding carboxylic acids is 1. The number of rotatable bonds is 6. The normalized spacial score (nSPS) is 11.6. The second kappa shape index (κ2) is 7.83. The Labute approximate surface area is 156 Å². The van der Waals surface area contributed by atoms with Gasteiger partial charge in [0.2, 0.25) is 0 Å². The Bertz CT molecular complexity index is 941. The third-order valence-electron chi connectivity index (χ3n) is 3.71. The van der Waals surface area contributed by atoms with Crippen molar-refractivity contribution < 1.29 is 22.8 Å². The molecular formula is C17H14ClF3N4O2. The van der Waals surface area contributed by atoms with Gasteiger partial charge < -0.3 is 10.2 Å². The van der Waals surface area contributed by atoms with Gasteiger partial charge in [-0.3, -0.25) is 4.79 Å². The van der Waals surface area contributed by atoms with E-state index >= 15 is 0 Å². The Hall–Kier alpha value is -2.81. The minimum atomic E-state index is -4.50. The summed E-state index contributed by atoms with van der Waals surface area (Å²) in [6.07, 6.45) is -3.90. The summed E-state index contributed by atoms with van der Waals surface area (Å²) in [6.45, 7) is -0.0323. The van der Waals surface area contributed by atoms with E-state index in [1.165, 1.54) is 6.07 Å². The van der Waals surface area contributed by atoms with Gasteiger partial charge in [-0.1, -0.05) is 28.6 Å². The molecule has 0 unspecified atom stereocenters. The molecule has 0 fully saturated rings. The molecule has 1 heterocycles. The van der Waals surface area contributed by atoms with E-state index in [1.54, 1.807) is 12.1 Å². The number of amides is 1. The molecule has 0 atom stereocenters. The zero-order valence-corrected chi connectivity index (χ0v) is 14.6. The number of fused-ring (bicyclic) bond motifs is 1. The van der Waals surface area contributed by atoms with Crippen LogP contribution in [0.4, 0.5) is 13.2 Å². The Morgan fingerprint density at radius 2 is 1.93 bits per heavy atom. The largest absolute Gasteiger partial charge is 0.416 e. The van der Waals surface area contributed by atoms with Crippen molar-refractivity contribution in [2.45, 2.75) is 12.6 Å². The number of nitrogens with one attached hydrogen (secondary N) is 1. The van der Waals surface area contributed by atoms with Crippen LogP contribution in [0.25, 0.3) is 11.0 Å². The molecule has 0 bridgehead atoms. The van der Waals surface area contributed by atoms with E-state index in [2.05, 4.69) is 15.6 Å². The van der Waals surface area contributed by atoms with Crippen LogP contribution in [-0.2, 0) is 17.4 Å². The van der Waals surface area contributed by atoms with Gasteiger partial charge in [-0.15, -0.1) is 5.10 Å². The van der Waals surface area contributed by atoms with E-state index in [0.717, 1.165) is 22.5 Å². The van der Waals surface area contributed by atoms with Crippen LogP contribution in [0.15, 0.2) is 42.5 Å². The van der Waals surface area contributed by atoms with Crippen LogP contribution in [0.3, 0.4) is 0 Å². The summed E-state index contributed by atoms with van der Waals surface area (Å²) in [5.74, 6) is -0.431. The Balaban J connectivity index is 1.54. The smallest absolute Gasteiger partial charge is 0.385 e. The summed E-state index contributed by atoms with van der Waals surface area (Å²) >= 11 is 5.80. The fraction of sp³-hybridized carbons (Fsp3) is 0.235. The fourth-order valence-electron chi connectivity index (χ4n) is 2.34. The quantitative estimate of drug-likeness (QED) is 0.693. The maximum Gasteiger partial charge on any atom is 0.416 e. The SMILES string of the molecule is O=C(COn1nnc2ccc(C(F)(F)F)cc21)NCCc1ccc(Cl)cc1. The first-order chi connectivity index (χ1) is 12.8. The van der Waals surface area contributed by atoms with Crippen molar-refractivity contribution in [2.75, 3.05) is 13.2 Å². The monoisotopic (exact) mass is 398 g/mol. The van der Waals surface area contributed by atoms with E-state index in [9.17, 15) is 18.0 Å². The summed E-state index contributed by atoms with van der Waals surface area (Å²) in [4.78, 5) is 17.8. The van der Waals surface area contributed by atoms with Gasteiger partial charge in [0.05, 0.1) is 5.56 Å². The van der Waals surface area contributed by atoms with Gasteiger partial charge in [0.1, 0.15) is 11.0 Å². The van der Waals surface area contributed by atoms with Crippen LogP contribution in [0, 0.1) is 0 Å². The molecule has 0 aliphatic carbocycles. The van der Waals surface area contributed by atoms with Gasteiger partial charge in [-0.25, -0.2) is 0 Å². The van der Waals surface area contributed by atoms with Crippen LogP contribution in [-0.4, -0.2) is 34.2 Å². The van der Waals surface area contributed by atoms with Gasteiger partial charge >= 0.3 is 6.18 Å². The Kier molecular flexibility index (Phi) is 5.50. The first-order valence-corrected chi connectivity index (χ1v) is 8.28. The van der Waals surface area contributed by atoms with Gasteiger partial charge in [-0.2, -0.15) is 13.2 Å². The van der Waals surface area contributed by atoms with Gasteiger partial charge in [0.25, 0.3) is 5.91 Å². The van der Waals surface area contributed by atoms with Crippen molar-refractivity contribution in [1.29, 1.82) is 0 Å². The lowest BCUT2D eigenvalue weighted by molar-refractivity contribution is -0.137. The number of hydrogen-bond acceptors (Lipinski definition) is 4. The second-order valence-electron chi connectivity index (χ2n) is 5.66. The van der Waals surface area contributed by atoms with Crippen molar-refractivity contribution in [3.8, 4) is 0 Å². The van der Waals surface area contributed by atoms with Crippen LogP contribution in [0.2, 0.25) is 5.02 Å². The zero-order chi connectivity index (χ0) is 19.4. The minimum absolute atomic E-state index is 0.0267. The highest BCUT2D eigenvalue weighted by Gasteiger charge is 2.31. The average Bonchev–Trinajstić information content (AvgIpc) is 3.03.